The molecule has 0 bridgehead atoms. The van der Waals surface area contributed by atoms with Crippen LogP contribution in [0.4, 0.5) is 0 Å². The maximum Gasteiger partial charge on any atom is 0.0428 e. The number of rotatable bonds is 0. The van der Waals surface area contributed by atoms with Gasteiger partial charge in [-0.3, -0.25) is 0 Å². The smallest absolute Gasteiger partial charge is 0.0428 e. The molecule has 26 heavy (non-hydrogen) atoms. The molecule has 0 unspecified atom stereocenters. The monoisotopic (exact) mass is 402 g/mol. The van der Waals surface area contributed by atoms with Crippen molar-refractivity contribution in [2.24, 2.45) is 0 Å². The van der Waals surface area contributed by atoms with Crippen molar-refractivity contribution in [2.75, 3.05) is 0 Å². The van der Waals surface area contributed by atoms with Crippen LogP contribution in [0, 0.1) is 0 Å². The number of hydrogen-bond donors (Lipinski definition) is 0. The Labute approximate surface area is 164 Å². The van der Waals surface area contributed by atoms with Crippen molar-refractivity contribution in [3.8, 4) is 0 Å². The molecule has 4 aromatic heterocycles. The summed E-state index contributed by atoms with van der Waals surface area (Å²) in [5.41, 5.74) is 0. The van der Waals surface area contributed by atoms with E-state index in [9.17, 15) is 0 Å². The Bertz CT molecular complexity index is 1390. The number of fused-ring (bicyclic) bond motifs is 12. The SMILES string of the molecule is c1cc2c3ccsc3c3cc4c(cc3c2s1)c1sccc1c1ccsc14. The van der Waals surface area contributed by atoms with Gasteiger partial charge in [0.15, 0.2) is 0 Å². The van der Waals surface area contributed by atoms with Crippen molar-refractivity contribution < 1.29 is 0 Å². The van der Waals surface area contributed by atoms with Gasteiger partial charge in [0.05, 0.1) is 0 Å². The Morgan fingerprint density at radius 3 is 0.885 bits per heavy atom. The van der Waals surface area contributed by atoms with Crippen LogP contribution in [0.2, 0.25) is 0 Å². The molecule has 4 heteroatoms. The van der Waals surface area contributed by atoms with Gasteiger partial charge in [-0.05, 0) is 57.9 Å². The van der Waals surface area contributed by atoms with Gasteiger partial charge < -0.3 is 0 Å². The van der Waals surface area contributed by atoms with Gasteiger partial charge >= 0.3 is 0 Å². The molecule has 0 aliphatic carbocycles. The predicted molar refractivity (Wildman–Crippen MR) is 123 cm³/mol. The molecule has 0 atom stereocenters. The van der Waals surface area contributed by atoms with E-state index in [0.717, 1.165) is 0 Å². The normalized spacial score (nSPS) is 12.6. The molecule has 0 aliphatic rings. The molecule has 0 saturated heterocycles. The van der Waals surface area contributed by atoms with Crippen molar-refractivity contribution >= 4 is 107 Å². The summed E-state index contributed by atoms with van der Waals surface area (Å²) in [7, 11) is 0. The summed E-state index contributed by atoms with van der Waals surface area (Å²) in [4.78, 5) is 0. The number of thiophene rings is 4. The zero-order valence-electron chi connectivity index (χ0n) is 13.4. The maximum absolute atomic E-state index is 2.46. The van der Waals surface area contributed by atoms with E-state index in [-0.39, 0.29) is 0 Å². The molecule has 0 fully saturated rings. The number of benzene rings is 3. The summed E-state index contributed by atoms with van der Waals surface area (Å²) in [6, 6.07) is 14.0. The van der Waals surface area contributed by atoms with E-state index in [4.69, 9.17) is 0 Å². The van der Waals surface area contributed by atoms with E-state index in [1.807, 2.05) is 45.3 Å². The van der Waals surface area contributed by atoms with E-state index < -0.39 is 0 Å². The van der Waals surface area contributed by atoms with Crippen LogP contribution in [0.1, 0.15) is 0 Å². The van der Waals surface area contributed by atoms with Gasteiger partial charge in [-0.15, -0.1) is 45.3 Å². The van der Waals surface area contributed by atoms with E-state index in [1.165, 1.54) is 61.9 Å². The van der Waals surface area contributed by atoms with Crippen LogP contribution in [0.15, 0.2) is 57.9 Å². The van der Waals surface area contributed by atoms with Crippen LogP contribution < -0.4 is 0 Å². The Morgan fingerprint density at radius 1 is 0.346 bits per heavy atom. The van der Waals surface area contributed by atoms with Crippen LogP contribution in [-0.4, -0.2) is 0 Å². The molecule has 3 aromatic carbocycles. The second kappa shape index (κ2) is 4.84. The first-order valence-corrected chi connectivity index (χ1v) is 11.9. The lowest BCUT2D eigenvalue weighted by Crippen LogP contribution is -1.80. The van der Waals surface area contributed by atoms with Crippen LogP contribution in [0.5, 0.6) is 0 Å². The van der Waals surface area contributed by atoms with Gasteiger partial charge in [0, 0.05) is 61.9 Å². The van der Waals surface area contributed by atoms with Crippen LogP contribution in [0.25, 0.3) is 61.9 Å². The van der Waals surface area contributed by atoms with E-state index in [0.29, 0.717) is 0 Å². The molecule has 0 spiro atoms. The van der Waals surface area contributed by atoms with Crippen molar-refractivity contribution in [3.05, 3.63) is 57.9 Å². The van der Waals surface area contributed by atoms with E-state index in [1.54, 1.807) is 0 Å². The Balaban J connectivity index is 1.88. The molecule has 122 valence electrons. The summed E-state index contributed by atoms with van der Waals surface area (Å²) in [5, 5.41) is 20.1. The fourth-order valence-corrected chi connectivity index (χ4v) is 8.03. The second-order valence-corrected chi connectivity index (χ2v) is 10.3. The van der Waals surface area contributed by atoms with Crippen molar-refractivity contribution in [1.29, 1.82) is 0 Å². The minimum absolute atomic E-state index is 1.40. The van der Waals surface area contributed by atoms with E-state index >= 15 is 0 Å². The average molecular weight is 403 g/mol. The maximum atomic E-state index is 2.46. The van der Waals surface area contributed by atoms with Gasteiger partial charge in [0.25, 0.3) is 0 Å². The van der Waals surface area contributed by atoms with Gasteiger partial charge in [-0.1, -0.05) is 0 Å². The highest BCUT2D eigenvalue weighted by Gasteiger charge is 2.16. The first-order valence-electron chi connectivity index (χ1n) is 8.40. The molecular weight excluding hydrogens is 393 g/mol. The third-order valence-corrected chi connectivity index (χ3v) is 9.17. The van der Waals surface area contributed by atoms with Crippen LogP contribution in [0.3, 0.4) is 0 Å². The minimum Gasteiger partial charge on any atom is -0.143 e. The van der Waals surface area contributed by atoms with Gasteiger partial charge in [0.2, 0.25) is 0 Å². The van der Waals surface area contributed by atoms with Crippen LogP contribution in [-0.2, 0) is 0 Å². The lowest BCUT2D eigenvalue weighted by atomic mass is 9.98. The van der Waals surface area contributed by atoms with Crippen molar-refractivity contribution in [3.63, 3.8) is 0 Å². The summed E-state index contributed by atoms with van der Waals surface area (Å²) < 4.78 is 5.68. The number of hydrogen-bond acceptors (Lipinski definition) is 4. The van der Waals surface area contributed by atoms with Gasteiger partial charge in [-0.2, -0.15) is 0 Å². The highest BCUT2D eigenvalue weighted by molar-refractivity contribution is 7.21. The first kappa shape index (κ1) is 14.1. The fraction of sp³-hybridized carbons (Fsp3) is 0. The molecule has 7 rings (SSSR count). The minimum atomic E-state index is 1.40. The Morgan fingerprint density at radius 2 is 0.615 bits per heavy atom. The highest BCUT2D eigenvalue weighted by atomic mass is 32.1. The predicted octanol–water partition coefficient (Wildman–Crippen LogP) is 8.85. The Kier molecular flexibility index (Phi) is 2.63. The Hall–Kier alpha value is -1.98. The second-order valence-electron chi connectivity index (χ2n) is 6.60. The molecule has 0 nitrogen and oxygen atoms in total. The highest BCUT2D eigenvalue weighted by Crippen LogP contribution is 2.46. The molecule has 0 radical (unpaired) electrons. The van der Waals surface area contributed by atoms with Gasteiger partial charge in [-0.25, -0.2) is 0 Å². The fourth-order valence-electron chi connectivity index (χ4n) is 4.27. The zero-order valence-corrected chi connectivity index (χ0v) is 16.7. The third kappa shape index (κ3) is 1.60. The van der Waals surface area contributed by atoms with Crippen LogP contribution >= 0.6 is 45.3 Å². The molecular formula is C22H10S4. The average Bonchev–Trinajstić information content (AvgIpc) is 3.46. The standard InChI is InChI=1S/C22H10S4/c1-5-23-19-11(1)12-2-6-24-20(12)16-10-18-17(9-15(16)19)21-13(3-7-25-21)14-4-8-26-22(14)18/h1-10H. The molecule has 4 heterocycles. The summed E-state index contributed by atoms with van der Waals surface area (Å²) in [6.07, 6.45) is 0. The van der Waals surface area contributed by atoms with Gasteiger partial charge in [0.1, 0.15) is 0 Å². The lowest BCUT2D eigenvalue weighted by molar-refractivity contribution is 2.03. The largest absolute Gasteiger partial charge is 0.143 e. The summed E-state index contributed by atoms with van der Waals surface area (Å²) in [5.74, 6) is 0. The van der Waals surface area contributed by atoms with Crippen molar-refractivity contribution in [1.82, 2.24) is 0 Å². The van der Waals surface area contributed by atoms with E-state index in [2.05, 4.69) is 57.9 Å². The zero-order chi connectivity index (χ0) is 16.8. The topological polar surface area (TPSA) is 0 Å². The van der Waals surface area contributed by atoms with Crippen molar-refractivity contribution in [2.45, 2.75) is 0 Å². The molecule has 0 aliphatic heterocycles. The summed E-state index contributed by atoms with van der Waals surface area (Å²) >= 11 is 7.47. The molecule has 7 aromatic rings. The lowest BCUT2D eigenvalue weighted by Gasteiger charge is -2.08. The molecule has 0 saturated carbocycles. The third-order valence-electron chi connectivity index (χ3n) is 5.38. The molecule has 0 N–H and O–H groups in total. The summed E-state index contributed by atoms with van der Waals surface area (Å²) in [6.45, 7) is 0. The quantitative estimate of drug-likeness (QED) is 0.222. The molecule has 0 amide bonds. The first-order chi connectivity index (χ1) is 12.9.